The van der Waals surface area contributed by atoms with Gasteiger partial charge in [-0.1, -0.05) is 18.2 Å². The number of carbonyl (C=O) groups is 1. The maximum Gasteiger partial charge on any atom is 0.264 e. The molecule has 4 aliphatic heterocycles. The fourth-order valence-electron chi connectivity index (χ4n) is 3.11. The molecule has 0 saturated heterocycles. The number of carbonyl (C=O) groups excluding carboxylic acids is 1. The van der Waals surface area contributed by atoms with Crippen LogP contribution in [-0.2, 0) is 0 Å². The Hall–Kier alpha value is -3.22. The van der Waals surface area contributed by atoms with E-state index in [-0.39, 0.29) is 5.91 Å². The summed E-state index contributed by atoms with van der Waals surface area (Å²) in [6, 6.07) is 7.45. The number of rotatable bonds is 0. The van der Waals surface area contributed by atoms with Gasteiger partial charge in [0.05, 0.1) is 5.56 Å². The predicted octanol–water partition coefficient (Wildman–Crippen LogP) is 1.75. The maximum absolute atomic E-state index is 12.9. The van der Waals surface area contributed by atoms with Crippen LogP contribution in [0.4, 0.5) is 5.69 Å². The number of allylic oxidation sites excluding steroid dienone is 2. The molecule has 1 unspecified atom stereocenters. The third-order valence-electron chi connectivity index (χ3n) is 4.08. The summed E-state index contributed by atoms with van der Waals surface area (Å²) >= 11 is 0. The van der Waals surface area contributed by atoms with Crippen molar-refractivity contribution in [3.63, 3.8) is 0 Å². The second kappa shape index (κ2) is 4.16. The topological polar surface area (TPSA) is 72.7 Å². The molecule has 4 heterocycles. The monoisotopic (exact) mass is 304 g/mol. The van der Waals surface area contributed by atoms with E-state index < -0.39 is 6.29 Å². The Morgan fingerprint density at radius 2 is 2.09 bits per heavy atom. The molecule has 0 spiro atoms. The van der Waals surface area contributed by atoms with Crippen LogP contribution in [0, 0.1) is 0 Å². The molecule has 0 aromatic heterocycles. The van der Waals surface area contributed by atoms with Crippen LogP contribution < -0.4 is 5.32 Å². The molecule has 112 valence electrons. The Balaban J connectivity index is 1.72. The Morgan fingerprint density at radius 1 is 1.22 bits per heavy atom. The fraction of sp³-hybridized carbons (Fsp3) is 0.125. The van der Waals surface area contributed by atoms with E-state index in [1.807, 2.05) is 49.4 Å². The Morgan fingerprint density at radius 3 is 3.00 bits per heavy atom. The van der Waals surface area contributed by atoms with E-state index in [9.17, 15) is 4.79 Å². The van der Waals surface area contributed by atoms with E-state index in [0.717, 1.165) is 11.5 Å². The second-order valence-electron chi connectivity index (χ2n) is 5.52. The van der Waals surface area contributed by atoms with Crippen molar-refractivity contribution in [3.8, 4) is 0 Å². The van der Waals surface area contributed by atoms with Crippen molar-refractivity contribution in [2.75, 3.05) is 5.32 Å². The summed E-state index contributed by atoms with van der Waals surface area (Å²) in [7, 11) is 0. The molecule has 7 heteroatoms. The normalized spacial score (nSPS) is 23.7. The molecule has 0 fully saturated rings. The van der Waals surface area contributed by atoms with Crippen molar-refractivity contribution in [1.82, 2.24) is 9.80 Å². The first-order valence-corrected chi connectivity index (χ1v) is 7.32. The number of hydrogen-bond acceptors (Lipinski definition) is 6. The van der Waals surface area contributed by atoms with Gasteiger partial charge in [-0.2, -0.15) is 4.99 Å². The van der Waals surface area contributed by atoms with Crippen LogP contribution in [-0.4, -0.2) is 39.6 Å². The average Bonchev–Trinajstić information content (AvgIpc) is 2.54. The van der Waals surface area contributed by atoms with E-state index in [1.54, 1.807) is 9.80 Å². The van der Waals surface area contributed by atoms with Gasteiger partial charge in [-0.3, -0.25) is 9.69 Å². The molecule has 1 N–H and O–H groups in total. The number of guanidine groups is 1. The van der Waals surface area contributed by atoms with Gasteiger partial charge in [-0.25, -0.2) is 14.9 Å². The lowest BCUT2D eigenvalue weighted by molar-refractivity contribution is 0.0714. The summed E-state index contributed by atoms with van der Waals surface area (Å²) in [5, 5.41) is 3.30. The molecular weight excluding hydrogens is 292 g/mol. The van der Waals surface area contributed by atoms with Crippen molar-refractivity contribution >= 4 is 29.2 Å². The zero-order chi connectivity index (χ0) is 15.6. The number of nitrogens with zero attached hydrogens (tertiary/aromatic N) is 5. The summed E-state index contributed by atoms with van der Waals surface area (Å²) < 4.78 is 0. The number of aliphatic imine (C=N–C) groups is 3. The first-order valence-electron chi connectivity index (χ1n) is 7.32. The number of para-hydroxylation sites is 1. The number of amidine groups is 2. The lowest BCUT2D eigenvalue weighted by Crippen LogP contribution is -2.58. The summed E-state index contributed by atoms with van der Waals surface area (Å²) in [5.74, 6) is 2.55. The van der Waals surface area contributed by atoms with Gasteiger partial charge in [-0.05, 0) is 31.2 Å². The molecule has 5 rings (SSSR count). The number of benzene rings is 1. The van der Waals surface area contributed by atoms with E-state index in [0.29, 0.717) is 23.2 Å². The molecule has 1 aromatic rings. The molecule has 4 aliphatic rings. The highest BCUT2D eigenvalue weighted by atomic mass is 16.2. The lowest BCUT2D eigenvalue weighted by Gasteiger charge is -2.45. The molecule has 0 radical (unpaired) electrons. The van der Waals surface area contributed by atoms with Gasteiger partial charge in [0, 0.05) is 5.69 Å². The molecule has 1 atom stereocenters. The summed E-state index contributed by atoms with van der Waals surface area (Å²) in [6.07, 6.45) is 5.15. The minimum absolute atomic E-state index is 0.0840. The molecular formula is C16H12N6O. The van der Waals surface area contributed by atoms with Crippen LogP contribution in [0.2, 0.25) is 0 Å². The van der Waals surface area contributed by atoms with Crippen LogP contribution >= 0.6 is 0 Å². The third kappa shape index (κ3) is 1.58. The molecule has 0 saturated carbocycles. The quantitative estimate of drug-likeness (QED) is 0.793. The zero-order valence-corrected chi connectivity index (χ0v) is 12.3. The predicted molar refractivity (Wildman–Crippen MR) is 87.1 cm³/mol. The standard InChI is InChI=1S/C16H12N6O/c1-9-17-12-7-4-8-13-21(12)15(18-9)20-16-19-11-6-3-2-5-10(11)14(23)22(13)16/h2-8,16,19H,1H3. The lowest BCUT2D eigenvalue weighted by atomic mass is 10.1. The number of nitrogens with one attached hydrogen (secondary N) is 1. The Kier molecular flexibility index (Phi) is 2.23. The van der Waals surface area contributed by atoms with Gasteiger partial charge in [0.15, 0.2) is 0 Å². The molecule has 7 nitrogen and oxygen atoms in total. The number of fused-ring (bicyclic) bond motifs is 3. The van der Waals surface area contributed by atoms with Crippen molar-refractivity contribution in [3.05, 3.63) is 53.9 Å². The average molecular weight is 304 g/mol. The molecule has 0 aliphatic carbocycles. The molecule has 0 bridgehead atoms. The molecule has 23 heavy (non-hydrogen) atoms. The zero-order valence-electron chi connectivity index (χ0n) is 12.3. The van der Waals surface area contributed by atoms with Crippen LogP contribution in [0.25, 0.3) is 0 Å². The van der Waals surface area contributed by atoms with Crippen molar-refractivity contribution in [2.45, 2.75) is 13.2 Å². The van der Waals surface area contributed by atoms with Crippen molar-refractivity contribution in [2.24, 2.45) is 15.0 Å². The second-order valence-corrected chi connectivity index (χ2v) is 5.52. The van der Waals surface area contributed by atoms with Gasteiger partial charge in [0.25, 0.3) is 5.91 Å². The number of amides is 1. The smallest absolute Gasteiger partial charge is 0.264 e. The fourth-order valence-corrected chi connectivity index (χ4v) is 3.11. The Bertz CT molecular complexity index is 907. The van der Waals surface area contributed by atoms with Crippen molar-refractivity contribution < 1.29 is 4.79 Å². The van der Waals surface area contributed by atoms with Gasteiger partial charge in [-0.15, -0.1) is 0 Å². The van der Waals surface area contributed by atoms with Crippen LogP contribution in [0.5, 0.6) is 0 Å². The van der Waals surface area contributed by atoms with E-state index in [4.69, 9.17) is 0 Å². The largest absolute Gasteiger partial charge is 0.346 e. The SMILES string of the molecule is CC1=NC2=NC3Nc4ccccc4C(=O)N3C3=CC=CC(=N1)N32. The Labute approximate surface area is 132 Å². The summed E-state index contributed by atoms with van der Waals surface area (Å²) in [5.41, 5.74) is 1.42. The third-order valence-corrected chi connectivity index (χ3v) is 4.08. The summed E-state index contributed by atoms with van der Waals surface area (Å²) in [4.78, 5) is 29.8. The van der Waals surface area contributed by atoms with Crippen LogP contribution in [0.3, 0.4) is 0 Å². The van der Waals surface area contributed by atoms with E-state index in [2.05, 4.69) is 20.3 Å². The van der Waals surface area contributed by atoms with Gasteiger partial charge in [0.1, 0.15) is 17.5 Å². The number of hydrogen-bond donors (Lipinski definition) is 1. The molecule has 1 amide bonds. The van der Waals surface area contributed by atoms with E-state index in [1.165, 1.54) is 0 Å². The van der Waals surface area contributed by atoms with E-state index >= 15 is 0 Å². The summed E-state index contributed by atoms with van der Waals surface area (Å²) in [6.45, 7) is 1.83. The van der Waals surface area contributed by atoms with Crippen molar-refractivity contribution in [1.29, 1.82) is 0 Å². The number of anilines is 1. The first-order chi connectivity index (χ1) is 11.2. The van der Waals surface area contributed by atoms with Gasteiger partial charge in [0.2, 0.25) is 12.2 Å². The van der Waals surface area contributed by atoms with Gasteiger partial charge >= 0.3 is 0 Å². The van der Waals surface area contributed by atoms with Gasteiger partial charge < -0.3 is 5.32 Å². The highest BCUT2D eigenvalue weighted by Crippen LogP contribution is 2.34. The molecule has 1 aromatic carbocycles. The highest BCUT2D eigenvalue weighted by molar-refractivity contribution is 6.19. The highest BCUT2D eigenvalue weighted by Gasteiger charge is 2.43. The van der Waals surface area contributed by atoms with Crippen LogP contribution in [0.15, 0.2) is 63.3 Å². The minimum atomic E-state index is -0.503. The van der Waals surface area contributed by atoms with Crippen LogP contribution in [0.1, 0.15) is 17.3 Å². The first kappa shape index (κ1) is 12.3. The maximum atomic E-state index is 12.9. The minimum Gasteiger partial charge on any atom is -0.346 e.